The number of anilines is 3. The van der Waals surface area contributed by atoms with Gasteiger partial charge in [-0.25, -0.2) is 19.7 Å². The predicted molar refractivity (Wildman–Crippen MR) is 122 cm³/mol. The molecule has 2 bridgehead atoms. The second kappa shape index (κ2) is 8.68. The van der Waals surface area contributed by atoms with Crippen molar-refractivity contribution in [1.82, 2.24) is 15.0 Å². The number of nitrogens with zero attached hydrogens (tertiary/aromatic N) is 4. The number of aliphatic carboxylic acids is 1. The van der Waals surface area contributed by atoms with E-state index in [1.165, 1.54) is 31.7 Å². The van der Waals surface area contributed by atoms with E-state index in [1.807, 2.05) is 19.2 Å². The number of aryl methyl sites for hydroxylation is 1. The zero-order valence-corrected chi connectivity index (χ0v) is 19.8. The number of fused-ring (bicyclic) bond motifs is 4. The first-order valence-electron chi connectivity index (χ1n) is 11.8. The number of amides is 1. The fourth-order valence-corrected chi connectivity index (χ4v) is 5.37. The number of pyridine rings is 1. The lowest BCUT2D eigenvalue weighted by molar-refractivity contribution is -0.192. The van der Waals surface area contributed by atoms with Gasteiger partial charge in [-0.15, -0.1) is 0 Å². The molecule has 1 amide bonds. The maximum Gasteiger partial charge on any atom is 0.490 e. The normalized spacial score (nSPS) is 24.8. The minimum atomic E-state index is -5.08. The summed E-state index contributed by atoms with van der Waals surface area (Å²) in [7, 11) is 0. The van der Waals surface area contributed by atoms with Crippen LogP contribution in [0.1, 0.15) is 62.0 Å². The van der Waals surface area contributed by atoms with Crippen LogP contribution in [0.2, 0.25) is 0 Å². The Morgan fingerprint density at radius 3 is 2.50 bits per heavy atom. The standard InChI is InChI=1S/C22H25N5O2.C2HF3O2/c1-12-7-20(26-21(24-12)15-8-14-3-4-18(15)29-14)27-11-22(5-6-22)16-10-23-19(9-17(16)27)25-13(2)28;3-2(4,5)1(6)7/h7,9-10,14-15,18H,3-6,8,11H2,1-2H3,(H,23,25,28);(H,6,7). The number of hydrogen-bond donors (Lipinski definition) is 2. The van der Waals surface area contributed by atoms with Crippen molar-refractivity contribution in [3.05, 3.63) is 35.4 Å². The van der Waals surface area contributed by atoms with E-state index in [1.54, 1.807) is 0 Å². The van der Waals surface area contributed by atoms with E-state index in [0.29, 0.717) is 17.8 Å². The summed E-state index contributed by atoms with van der Waals surface area (Å²) < 4.78 is 37.8. The van der Waals surface area contributed by atoms with Crippen LogP contribution in [0.4, 0.5) is 30.5 Å². The Bertz CT molecular complexity index is 1220. The highest BCUT2D eigenvalue weighted by molar-refractivity contribution is 5.89. The van der Waals surface area contributed by atoms with E-state index in [2.05, 4.69) is 21.3 Å². The molecule has 12 heteroatoms. The van der Waals surface area contributed by atoms with Gasteiger partial charge in [0.25, 0.3) is 0 Å². The van der Waals surface area contributed by atoms with Crippen molar-refractivity contribution in [2.24, 2.45) is 0 Å². The van der Waals surface area contributed by atoms with E-state index in [0.717, 1.165) is 42.4 Å². The number of carboxylic acids is 1. The number of rotatable bonds is 3. The highest BCUT2D eigenvalue weighted by atomic mass is 19.4. The lowest BCUT2D eigenvalue weighted by Crippen LogP contribution is -2.23. The number of nitrogens with one attached hydrogen (secondary N) is 1. The zero-order chi connectivity index (χ0) is 25.8. The van der Waals surface area contributed by atoms with Crippen molar-refractivity contribution in [3.63, 3.8) is 0 Å². The van der Waals surface area contributed by atoms with E-state index in [9.17, 15) is 18.0 Å². The smallest absolute Gasteiger partial charge is 0.475 e. The van der Waals surface area contributed by atoms with Gasteiger partial charge in [-0.2, -0.15) is 13.2 Å². The summed E-state index contributed by atoms with van der Waals surface area (Å²) in [6.07, 6.45) is 3.17. The number of carbonyl (C=O) groups excluding carboxylic acids is 1. The van der Waals surface area contributed by atoms with Crippen LogP contribution in [0, 0.1) is 6.92 Å². The molecule has 3 unspecified atom stereocenters. The Morgan fingerprint density at radius 1 is 1.22 bits per heavy atom. The number of ether oxygens (including phenoxy) is 1. The number of halogens is 3. The average Bonchev–Trinajstić information content (AvgIpc) is 3.12. The third kappa shape index (κ3) is 4.61. The van der Waals surface area contributed by atoms with Gasteiger partial charge in [-0.3, -0.25) is 4.79 Å². The number of hydrogen-bond acceptors (Lipinski definition) is 7. The molecule has 1 saturated carbocycles. The van der Waals surface area contributed by atoms with E-state index in [-0.39, 0.29) is 17.4 Å². The molecule has 4 aliphatic rings. The van der Waals surface area contributed by atoms with Crippen molar-refractivity contribution in [3.8, 4) is 0 Å². The number of alkyl halides is 3. The maximum absolute atomic E-state index is 11.5. The molecule has 2 aromatic rings. The number of aromatic nitrogens is 3. The summed E-state index contributed by atoms with van der Waals surface area (Å²) in [4.78, 5) is 37.0. The first-order valence-corrected chi connectivity index (χ1v) is 11.8. The van der Waals surface area contributed by atoms with Crippen LogP contribution in [0.25, 0.3) is 0 Å². The van der Waals surface area contributed by atoms with Gasteiger partial charge in [0.1, 0.15) is 17.5 Å². The molecule has 1 aliphatic carbocycles. The summed E-state index contributed by atoms with van der Waals surface area (Å²) >= 11 is 0. The molecule has 1 spiro atoms. The van der Waals surface area contributed by atoms with Gasteiger partial charge < -0.3 is 20.1 Å². The minimum Gasteiger partial charge on any atom is -0.475 e. The van der Waals surface area contributed by atoms with Crippen LogP contribution >= 0.6 is 0 Å². The van der Waals surface area contributed by atoms with Crippen molar-refractivity contribution in [2.75, 3.05) is 16.8 Å². The highest BCUT2D eigenvalue weighted by Crippen LogP contribution is 2.58. The van der Waals surface area contributed by atoms with E-state index in [4.69, 9.17) is 24.6 Å². The summed E-state index contributed by atoms with van der Waals surface area (Å²) in [5.41, 5.74) is 3.55. The Balaban J connectivity index is 0.000000338. The van der Waals surface area contributed by atoms with Gasteiger partial charge >= 0.3 is 12.1 Å². The van der Waals surface area contributed by atoms with Gasteiger partial charge in [0.2, 0.25) is 5.91 Å². The van der Waals surface area contributed by atoms with Crippen LogP contribution in [0.3, 0.4) is 0 Å². The molecule has 0 aromatic carbocycles. The van der Waals surface area contributed by atoms with Crippen LogP contribution in [-0.2, 0) is 19.7 Å². The number of carbonyl (C=O) groups is 2. The molecule has 9 nitrogen and oxygen atoms in total. The second-order valence-corrected chi connectivity index (χ2v) is 9.88. The van der Waals surface area contributed by atoms with Crippen molar-refractivity contribution >= 4 is 29.2 Å². The first kappa shape index (κ1) is 24.4. The minimum absolute atomic E-state index is 0.111. The van der Waals surface area contributed by atoms with Gasteiger partial charge in [0, 0.05) is 54.4 Å². The lowest BCUT2D eigenvalue weighted by atomic mass is 9.88. The van der Waals surface area contributed by atoms with E-state index < -0.39 is 12.1 Å². The van der Waals surface area contributed by atoms with E-state index >= 15 is 0 Å². The summed E-state index contributed by atoms with van der Waals surface area (Å²) in [6.45, 7) is 4.46. The fraction of sp³-hybridized carbons (Fsp3) is 0.542. The molecule has 5 heterocycles. The average molecular weight is 505 g/mol. The molecule has 36 heavy (non-hydrogen) atoms. The monoisotopic (exact) mass is 505 g/mol. The second-order valence-electron chi connectivity index (χ2n) is 9.88. The van der Waals surface area contributed by atoms with Gasteiger partial charge in [0.15, 0.2) is 0 Å². The Hall–Kier alpha value is -3.28. The van der Waals surface area contributed by atoms with Gasteiger partial charge in [-0.05, 0) is 39.0 Å². The lowest BCUT2D eigenvalue weighted by Gasteiger charge is -2.23. The summed E-state index contributed by atoms with van der Waals surface area (Å²) in [6, 6.07) is 4.06. The molecule has 6 rings (SSSR count). The first-order chi connectivity index (χ1) is 16.9. The number of carboxylic acid groups (broad SMARTS) is 1. The molecule has 2 saturated heterocycles. The summed E-state index contributed by atoms with van der Waals surface area (Å²) in [5, 5.41) is 9.94. The van der Waals surface area contributed by atoms with Gasteiger partial charge in [-0.1, -0.05) is 0 Å². The maximum atomic E-state index is 11.5. The topological polar surface area (TPSA) is 118 Å². The molecule has 3 atom stereocenters. The fourth-order valence-electron chi connectivity index (χ4n) is 5.37. The molecule has 3 fully saturated rings. The largest absolute Gasteiger partial charge is 0.490 e. The Labute approximate surface area is 205 Å². The third-order valence-corrected chi connectivity index (χ3v) is 7.18. The van der Waals surface area contributed by atoms with Crippen molar-refractivity contribution in [2.45, 2.75) is 75.7 Å². The molecular weight excluding hydrogens is 479 g/mol. The summed E-state index contributed by atoms with van der Waals surface area (Å²) in [5.74, 6) is -0.114. The van der Waals surface area contributed by atoms with Crippen LogP contribution in [0.5, 0.6) is 0 Å². The SMILES string of the molecule is CC(=O)Nc1cc2c(cn1)C1(CC1)CN2c1cc(C)nc(C2CC3CCC2O3)n1.O=C(O)C(F)(F)F. The highest BCUT2D eigenvalue weighted by Gasteiger charge is 2.53. The van der Waals surface area contributed by atoms with Crippen LogP contribution in [-0.4, -0.2) is 56.9 Å². The molecule has 0 radical (unpaired) electrons. The molecular formula is C24H26F3N5O4. The Kier molecular flexibility index (Phi) is 5.89. The van der Waals surface area contributed by atoms with Crippen LogP contribution in [0.15, 0.2) is 18.3 Å². The van der Waals surface area contributed by atoms with Crippen molar-refractivity contribution in [1.29, 1.82) is 0 Å². The predicted octanol–water partition coefficient (Wildman–Crippen LogP) is 3.99. The quantitative estimate of drug-likeness (QED) is 0.643. The van der Waals surface area contributed by atoms with Crippen molar-refractivity contribution < 1.29 is 32.6 Å². The van der Waals surface area contributed by atoms with Gasteiger partial charge in [0.05, 0.1) is 17.9 Å². The molecule has 192 valence electrons. The molecule has 3 aliphatic heterocycles. The Morgan fingerprint density at radius 2 is 1.94 bits per heavy atom. The molecule has 2 aromatic heterocycles. The zero-order valence-electron chi connectivity index (χ0n) is 19.8. The molecule has 2 N–H and O–H groups in total. The third-order valence-electron chi connectivity index (χ3n) is 7.18. The van der Waals surface area contributed by atoms with Crippen LogP contribution < -0.4 is 10.2 Å².